The molecular weight excluding hydrogens is 271 g/mol. The molecule has 1 rings (SSSR count). The highest BCUT2D eigenvalue weighted by atomic mass is 19.4. The van der Waals surface area contributed by atoms with Crippen LogP contribution in [0.4, 0.5) is 13.2 Å². The Kier molecular flexibility index (Phi) is 4.41. The Hall–Kier alpha value is -2.19. The summed E-state index contributed by atoms with van der Waals surface area (Å²) in [6.45, 7) is 0. The van der Waals surface area contributed by atoms with Crippen LogP contribution in [0.1, 0.15) is 5.56 Å². The Morgan fingerprint density at radius 3 is 2.47 bits per heavy atom. The number of H-pyrrole nitrogens is 1. The minimum absolute atomic E-state index is 0.208. The van der Waals surface area contributed by atoms with Gasteiger partial charge in [0.25, 0.3) is 5.56 Å². The highest BCUT2D eigenvalue weighted by Gasteiger charge is 2.33. The smallest absolute Gasteiger partial charge is 0.491 e. The second-order valence-corrected chi connectivity index (χ2v) is 3.32. The van der Waals surface area contributed by atoms with Gasteiger partial charge < -0.3 is 14.2 Å². The molecule has 1 heterocycles. The van der Waals surface area contributed by atoms with E-state index in [4.69, 9.17) is 0 Å². The van der Waals surface area contributed by atoms with Gasteiger partial charge in [0.15, 0.2) is 5.75 Å². The lowest BCUT2D eigenvalue weighted by molar-refractivity contribution is -0.276. The predicted molar refractivity (Wildman–Crippen MR) is 56.0 cm³/mol. The summed E-state index contributed by atoms with van der Waals surface area (Å²) in [6, 6.07) is 0.983. The number of aromatic amines is 1. The van der Waals surface area contributed by atoms with Gasteiger partial charge in [-0.25, -0.2) is 0 Å². The molecule has 0 aliphatic rings. The molecule has 6 nitrogen and oxygen atoms in total. The Balaban J connectivity index is 3.22. The summed E-state index contributed by atoms with van der Waals surface area (Å²) < 4.78 is 49.1. The van der Waals surface area contributed by atoms with Crippen LogP contribution < -0.4 is 15.0 Å². The van der Waals surface area contributed by atoms with E-state index in [0.29, 0.717) is 0 Å². The first-order valence-electron chi connectivity index (χ1n) is 4.89. The van der Waals surface area contributed by atoms with E-state index >= 15 is 0 Å². The number of carbonyl (C=O) groups excluding carboxylic acids is 1. The second kappa shape index (κ2) is 5.63. The van der Waals surface area contributed by atoms with Crippen molar-refractivity contribution in [2.45, 2.75) is 12.8 Å². The lowest BCUT2D eigenvalue weighted by Gasteiger charge is -2.13. The van der Waals surface area contributed by atoms with E-state index in [9.17, 15) is 22.8 Å². The lowest BCUT2D eigenvalue weighted by Crippen LogP contribution is -2.23. The van der Waals surface area contributed by atoms with E-state index in [1.807, 2.05) is 4.98 Å². The number of rotatable bonds is 4. The average Bonchev–Trinajstić information content (AvgIpc) is 2.30. The van der Waals surface area contributed by atoms with Crippen LogP contribution in [0.15, 0.2) is 10.9 Å². The maximum atomic E-state index is 12.2. The molecule has 1 aromatic heterocycles. The van der Waals surface area contributed by atoms with Gasteiger partial charge in [0.2, 0.25) is 5.88 Å². The van der Waals surface area contributed by atoms with Crippen LogP contribution in [0, 0.1) is 0 Å². The van der Waals surface area contributed by atoms with Crippen LogP contribution in [0.3, 0.4) is 0 Å². The zero-order chi connectivity index (χ0) is 14.6. The molecule has 106 valence electrons. The van der Waals surface area contributed by atoms with Crippen molar-refractivity contribution in [3.05, 3.63) is 22.0 Å². The van der Waals surface area contributed by atoms with E-state index in [0.717, 1.165) is 20.3 Å². The summed E-state index contributed by atoms with van der Waals surface area (Å²) in [5, 5.41) is 0. The standard InChI is InChI=1S/C10H10F3NO5/c1-17-6-3-5(4-7(15)18-2)9(14-8(6)16)19-10(11,12)13/h3H,4H2,1-2H3,(H,14,16). The maximum Gasteiger partial charge on any atom is 0.574 e. The van der Waals surface area contributed by atoms with Crippen LogP contribution in [-0.4, -0.2) is 31.5 Å². The molecule has 0 fully saturated rings. The zero-order valence-electron chi connectivity index (χ0n) is 9.96. The van der Waals surface area contributed by atoms with Gasteiger partial charge in [0, 0.05) is 5.56 Å². The van der Waals surface area contributed by atoms with Crippen LogP contribution in [0.25, 0.3) is 0 Å². The average molecular weight is 281 g/mol. The van der Waals surface area contributed by atoms with Crippen molar-refractivity contribution in [3.63, 3.8) is 0 Å². The lowest BCUT2D eigenvalue weighted by atomic mass is 10.2. The molecule has 0 unspecified atom stereocenters. The summed E-state index contributed by atoms with van der Waals surface area (Å²) in [5.74, 6) is -1.90. The molecule has 0 aromatic carbocycles. The largest absolute Gasteiger partial charge is 0.574 e. The molecule has 1 N–H and O–H groups in total. The van der Waals surface area contributed by atoms with Gasteiger partial charge >= 0.3 is 12.3 Å². The van der Waals surface area contributed by atoms with Gasteiger partial charge in [-0.3, -0.25) is 14.6 Å². The summed E-state index contributed by atoms with van der Waals surface area (Å²) in [7, 11) is 2.24. The molecule has 0 aliphatic heterocycles. The van der Waals surface area contributed by atoms with Gasteiger partial charge in [-0.15, -0.1) is 13.2 Å². The summed E-state index contributed by atoms with van der Waals surface area (Å²) in [5.41, 5.74) is -1.11. The number of methoxy groups -OCH3 is 2. The summed E-state index contributed by atoms with van der Waals surface area (Å²) in [6.07, 6.45) is -5.50. The third kappa shape index (κ3) is 4.19. The van der Waals surface area contributed by atoms with Crippen LogP contribution >= 0.6 is 0 Å². The second-order valence-electron chi connectivity index (χ2n) is 3.32. The van der Waals surface area contributed by atoms with E-state index in [-0.39, 0.29) is 11.3 Å². The van der Waals surface area contributed by atoms with Crippen molar-refractivity contribution in [1.29, 1.82) is 0 Å². The normalized spacial score (nSPS) is 11.0. The van der Waals surface area contributed by atoms with E-state index in [1.165, 1.54) is 0 Å². The van der Waals surface area contributed by atoms with Crippen LogP contribution in [0.5, 0.6) is 11.6 Å². The fourth-order valence-corrected chi connectivity index (χ4v) is 1.25. The van der Waals surface area contributed by atoms with E-state index in [2.05, 4.69) is 14.2 Å². The van der Waals surface area contributed by atoms with Crippen LogP contribution in [-0.2, 0) is 16.0 Å². The molecule has 0 saturated carbocycles. The highest BCUT2D eigenvalue weighted by molar-refractivity contribution is 5.73. The first-order valence-corrected chi connectivity index (χ1v) is 4.89. The molecule has 0 bridgehead atoms. The number of halogens is 3. The first-order chi connectivity index (χ1) is 8.76. The molecule has 0 spiro atoms. The van der Waals surface area contributed by atoms with Gasteiger partial charge in [-0.2, -0.15) is 0 Å². The molecule has 19 heavy (non-hydrogen) atoms. The van der Waals surface area contributed by atoms with Crippen molar-refractivity contribution in [1.82, 2.24) is 4.98 Å². The number of alkyl halides is 3. The van der Waals surface area contributed by atoms with Gasteiger partial charge in [0.1, 0.15) is 0 Å². The molecule has 0 atom stereocenters. The third-order valence-corrected chi connectivity index (χ3v) is 2.05. The molecule has 0 radical (unpaired) electrons. The molecule has 0 aliphatic carbocycles. The Morgan fingerprint density at radius 2 is 2.00 bits per heavy atom. The molecule has 0 saturated heterocycles. The van der Waals surface area contributed by atoms with Gasteiger partial charge in [-0.1, -0.05) is 0 Å². The number of hydrogen-bond donors (Lipinski definition) is 1. The number of hydrogen-bond acceptors (Lipinski definition) is 5. The topological polar surface area (TPSA) is 77.6 Å². The number of carbonyl (C=O) groups is 1. The monoisotopic (exact) mass is 281 g/mol. The maximum absolute atomic E-state index is 12.2. The number of ether oxygens (including phenoxy) is 3. The Morgan fingerprint density at radius 1 is 1.37 bits per heavy atom. The highest BCUT2D eigenvalue weighted by Crippen LogP contribution is 2.25. The quantitative estimate of drug-likeness (QED) is 0.833. The fourth-order valence-electron chi connectivity index (χ4n) is 1.25. The van der Waals surface area contributed by atoms with Crippen molar-refractivity contribution in [3.8, 4) is 11.6 Å². The molecule has 0 amide bonds. The van der Waals surface area contributed by atoms with Gasteiger partial charge in [0.05, 0.1) is 20.6 Å². The minimum atomic E-state index is -5.00. The number of pyridine rings is 1. The number of aromatic nitrogens is 1. The van der Waals surface area contributed by atoms with Crippen molar-refractivity contribution in [2.24, 2.45) is 0 Å². The molecule has 9 heteroatoms. The molecular formula is C10H10F3NO5. The van der Waals surface area contributed by atoms with Crippen molar-refractivity contribution >= 4 is 5.97 Å². The van der Waals surface area contributed by atoms with E-state index < -0.39 is 30.2 Å². The third-order valence-electron chi connectivity index (χ3n) is 2.05. The van der Waals surface area contributed by atoms with Crippen LogP contribution in [0.2, 0.25) is 0 Å². The number of esters is 1. The van der Waals surface area contributed by atoms with E-state index in [1.54, 1.807) is 0 Å². The summed E-state index contributed by atoms with van der Waals surface area (Å²) in [4.78, 5) is 24.3. The number of nitrogens with one attached hydrogen (secondary N) is 1. The predicted octanol–water partition coefficient (Wildman–Crippen LogP) is 0.998. The molecule has 1 aromatic rings. The van der Waals surface area contributed by atoms with Gasteiger partial charge in [-0.05, 0) is 6.07 Å². The van der Waals surface area contributed by atoms with Crippen molar-refractivity contribution < 1.29 is 32.2 Å². The van der Waals surface area contributed by atoms with Crippen molar-refractivity contribution in [2.75, 3.05) is 14.2 Å². The fraction of sp³-hybridized carbons (Fsp3) is 0.400. The Labute approximate surface area is 105 Å². The first kappa shape index (κ1) is 14.9. The summed E-state index contributed by atoms with van der Waals surface area (Å²) >= 11 is 0. The minimum Gasteiger partial charge on any atom is -0.491 e. The SMILES string of the molecule is COC(=O)Cc1cc(OC)c(=O)[nH]c1OC(F)(F)F. The zero-order valence-corrected chi connectivity index (χ0v) is 9.96. The Bertz CT molecular complexity index is 523.